The molecule has 1 aromatic heterocycles. The minimum Gasteiger partial charge on any atom is -0.490 e. The van der Waals surface area contributed by atoms with E-state index in [1.54, 1.807) is 35.4 Å². The molecule has 14 heteroatoms. The minimum absolute atomic E-state index is 0.137. The molecule has 0 saturated carbocycles. The Kier molecular flexibility index (Phi) is 12.9. The summed E-state index contributed by atoms with van der Waals surface area (Å²) in [6.45, 7) is 6.81. The second-order valence-corrected chi connectivity index (χ2v) is 15.3. The van der Waals surface area contributed by atoms with E-state index in [2.05, 4.69) is 4.72 Å². The van der Waals surface area contributed by atoms with Crippen LogP contribution in [0.2, 0.25) is 0 Å². The second kappa shape index (κ2) is 16.5. The van der Waals surface area contributed by atoms with Crippen LogP contribution in [-0.2, 0) is 27.5 Å². The lowest BCUT2D eigenvalue weighted by atomic mass is 10.0. The Morgan fingerprint density at radius 2 is 1.85 bits per heavy atom. The molecular weight excluding hydrogens is 668 g/mol. The highest BCUT2D eigenvalue weighted by atomic mass is 32.2. The van der Waals surface area contributed by atoms with Crippen LogP contribution in [-0.4, -0.2) is 80.8 Å². The number of carbonyl (C=O) groups excluding carboxylic acids is 1. The number of anilines is 1. The van der Waals surface area contributed by atoms with Gasteiger partial charge in [-0.2, -0.15) is 13.2 Å². The van der Waals surface area contributed by atoms with Crippen LogP contribution >= 0.6 is 11.3 Å². The van der Waals surface area contributed by atoms with E-state index in [4.69, 9.17) is 9.47 Å². The van der Waals surface area contributed by atoms with Crippen LogP contribution in [0.3, 0.4) is 0 Å². The third kappa shape index (κ3) is 10.2. The van der Waals surface area contributed by atoms with Gasteiger partial charge in [-0.05, 0) is 87.5 Å². The Labute approximate surface area is 284 Å². The monoisotopic (exact) mass is 711 g/mol. The maximum absolute atomic E-state index is 14.3. The number of fused-ring (bicyclic) bond motifs is 1. The predicted molar refractivity (Wildman–Crippen MR) is 180 cm³/mol. The first-order valence-electron chi connectivity index (χ1n) is 15.9. The lowest BCUT2D eigenvalue weighted by molar-refractivity contribution is -0.137. The van der Waals surface area contributed by atoms with E-state index in [1.807, 2.05) is 25.8 Å². The summed E-state index contributed by atoms with van der Waals surface area (Å²) in [7, 11) is -2.01. The number of alkyl halides is 3. The van der Waals surface area contributed by atoms with Gasteiger partial charge in [-0.15, -0.1) is 11.3 Å². The minimum atomic E-state index is -4.40. The Morgan fingerprint density at radius 1 is 1.12 bits per heavy atom. The van der Waals surface area contributed by atoms with Crippen LogP contribution in [0, 0.1) is 5.92 Å². The second-order valence-electron chi connectivity index (χ2n) is 12.4. The molecule has 2 aromatic carbocycles. The van der Waals surface area contributed by atoms with Crippen molar-refractivity contribution in [3.05, 3.63) is 76.7 Å². The number of halogens is 3. The number of benzene rings is 2. The molecule has 9 nitrogen and oxygen atoms in total. The third-order valence-electron chi connectivity index (χ3n) is 8.29. The zero-order chi connectivity index (χ0) is 35.1. The predicted octanol–water partition coefficient (Wildman–Crippen LogP) is 6.50. The number of hydrogen-bond donors (Lipinski definition) is 2. The fourth-order valence-corrected chi connectivity index (χ4v) is 7.60. The van der Waals surface area contributed by atoms with Crippen LogP contribution in [0.5, 0.6) is 5.75 Å². The zero-order valence-corrected chi connectivity index (χ0v) is 29.2. The molecule has 1 amide bonds. The Hall–Kier alpha value is -3.17. The Morgan fingerprint density at radius 3 is 2.50 bits per heavy atom. The summed E-state index contributed by atoms with van der Waals surface area (Å²) in [5, 5.41) is 11.8. The van der Waals surface area contributed by atoms with Gasteiger partial charge in [0.25, 0.3) is 15.9 Å². The number of likely N-dealkylation sites (N-methyl/N-ethyl adjacent to an activating group) is 1. The van der Waals surface area contributed by atoms with E-state index < -0.39 is 33.7 Å². The molecular formula is C34H44F3N3O6S2. The molecule has 0 unspecified atom stereocenters. The Bertz CT molecular complexity index is 1590. The Balaban J connectivity index is 1.60. The zero-order valence-electron chi connectivity index (χ0n) is 27.6. The molecule has 0 aliphatic carbocycles. The lowest BCUT2D eigenvalue weighted by Crippen LogP contribution is -2.47. The molecule has 2 N–H and O–H groups in total. The van der Waals surface area contributed by atoms with Crippen molar-refractivity contribution in [2.24, 2.45) is 5.92 Å². The number of nitrogens with one attached hydrogen (secondary N) is 1. The number of aliphatic hydroxyl groups is 1. The molecule has 1 aliphatic heterocycles. The van der Waals surface area contributed by atoms with E-state index in [0.29, 0.717) is 31.9 Å². The van der Waals surface area contributed by atoms with Gasteiger partial charge in [0.15, 0.2) is 0 Å². The van der Waals surface area contributed by atoms with Crippen molar-refractivity contribution >= 4 is 33.0 Å². The van der Waals surface area contributed by atoms with Crippen molar-refractivity contribution in [3.63, 3.8) is 0 Å². The average molecular weight is 712 g/mol. The number of hydrogen-bond acceptors (Lipinski definition) is 8. The standard InChI is InChI=1S/C34H44F3N3O6S2/c1-23-19-40(24(2)22-41)33(42)29-18-28(38-48(43,44)32-9-7-17-47-32)14-15-30(29)46-25(3)8-5-6-16-45-31(23)21-39(4)20-26-10-12-27(13-11-26)34(35,36)37/h7,9-15,17-18,23-25,31,38,41H,5-6,8,16,19-22H2,1-4H3/t23-,24+,25+,31-/m1/s1. The quantitative estimate of drug-likeness (QED) is 0.261. The van der Waals surface area contributed by atoms with Gasteiger partial charge in [-0.25, -0.2) is 8.42 Å². The summed E-state index contributed by atoms with van der Waals surface area (Å²) in [6, 6.07) is 12.3. The van der Waals surface area contributed by atoms with Crippen LogP contribution in [0.1, 0.15) is 61.5 Å². The topological polar surface area (TPSA) is 108 Å². The van der Waals surface area contributed by atoms with Crippen LogP contribution < -0.4 is 9.46 Å². The van der Waals surface area contributed by atoms with Crippen molar-refractivity contribution in [1.82, 2.24) is 9.80 Å². The van der Waals surface area contributed by atoms with Gasteiger partial charge in [-0.1, -0.05) is 25.1 Å². The molecule has 1 aliphatic rings. The average Bonchev–Trinajstić information content (AvgIpc) is 3.59. The molecule has 4 atom stereocenters. The van der Waals surface area contributed by atoms with Crippen LogP contribution in [0.4, 0.5) is 18.9 Å². The molecule has 0 fully saturated rings. The number of carbonyl (C=O) groups is 1. The molecule has 264 valence electrons. The van der Waals surface area contributed by atoms with Crippen LogP contribution in [0.25, 0.3) is 0 Å². The number of nitrogens with zero attached hydrogens (tertiary/aromatic N) is 2. The molecule has 4 rings (SSSR count). The maximum Gasteiger partial charge on any atom is 0.416 e. The van der Waals surface area contributed by atoms with E-state index in [1.165, 1.54) is 24.3 Å². The van der Waals surface area contributed by atoms with Gasteiger partial charge in [0.1, 0.15) is 9.96 Å². The highest BCUT2D eigenvalue weighted by Gasteiger charge is 2.32. The fourth-order valence-electron chi connectivity index (χ4n) is 5.55. The molecule has 0 bridgehead atoms. The van der Waals surface area contributed by atoms with Gasteiger partial charge in [0, 0.05) is 37.8 Å². The summed E-state index contributed by atoms with van der Waals surface area (Å²) < 4.78 is 80.4. The number of ether oxygens (including phenoxy) is 2. The summed E-state index contributed by atoms with van der Waals surface area (Å²) in [5.74, 6) is -0.336. The number of sulfonamides is 1. The number of rotatable bonds is 9. The van der Waals surface area contributed by atoms with Gasteiger partial charge < -0.3 is 19.5 Å². The van der Waals surface area contributed by atoms with E-state index in [0.717, 1.165) is 41.9 Å². The maximum atomic E-state index is 14.3. The lowest BCUT2D eigenvalue weighted by Gasteiger charge is -2.36. The largest absolute Gasteiger partial charge is 0.490 e. The van der Waals surface area contributed by atoms with Crippen molar-refractivity contribution in [2.75, 3.05) is 38.1 Å². The van der Waals surface area contributed by atoms with E-state index >= 15 is 0 Å². The molecule has 48 heavy (non-hydrogen) atoms. The van der Waals surface area contributed by atoms with Gasteiger partial charge >= 0.3 is 6.18 Å². The van der Waals surface area contributed by atoms with Crippen molar-refractivity contribution in [3.8, 4) is 5.75 Å². The normalized spacial score (nSPS) is 20.9. The number of aliphatic hydroxyl groups excluding tert-OH is 1. The van der Waals surface area contributed by atoms with Crippen molar-refractivity contribution in [1.29, 1.82) is 0 Å². The highest BCUT2D eigenvalue weighted by Crippen LogP contribution is 2.31. The number of thiophene rings is 1. The molecule has 2 heterocycles. The summed E-state index contributed by atoms with van der Waals surface area (Å²) in [6.07, 6.45) is -2.73. The first-order chi connectivity index (χ1) is 22.7. The summed E-state index contributed by atoms with van der Waals surface area (Å²) in [5.41, 5.74) is 0.382. The van der Waals surface area contributed by atoms with E-state index in [9.17, 15) is 31.5 Å². The number of amides is 1. The fraction of sp³-hybridized carbons (Fsp3) is 0.500. The third-order valence-corrected chi connectivity index (χ3v) is 11.1. The summed E-state index contributed by atoms with van der Waals surface area (Å²) >= 11 is 1.08. The smallest absolute Gasteiger partial charge is 0.416 e. The highest BCUT2D eigenvalue weighted by molar-refractivity contribution is 7.94. The van der Waals surface area contributed by atoms with Crippen molar-refractivity contribution < 1.29 is 41.0 Å². The summed E-state index contributed by atoms with van der Waals surface area (Å²) in [4.78, 5) is 17.8. The molecule has 0 radical (unpaired) electrons. The molecule has 3 aromatic rings. The first-order valence-corrected chi connectivity index (χ1v) is 18.3. The molecule has 0 saturated heterocycles. The first kappa shape index (κ1) is 37.6. The van der Waals surface area contributed by atoms with Crippen LogP contribution in [0.15, 0.2) is 64.2 Å². The van der Waals surface area contributed by atoms with Crippen molar-refractivity contribution in [2.45, 2.75) is 75.2 Å². The SMILES string of the molecule is C[C@@H]1CN([C@@H](C)CO)C(=O)c2cc(NS(=O)(=O)c3cccs3)ccc2O[C@@H](C)CCCCO[C@@H]1CN(C)Cc1ccc(C(F)(F)F)cc1. The van der Waals surface area contributed by atoms with Gasteiger partial charge in [-0.3, -0.25) is 14.4 Å². The van der Waals surface area contributed by atoms with E-state index in [-0.39, 0.29) is 46.7 Å². The van der Waals surface area contributed by atoms with Gasteiger partial charge in [0.05, 0.1) is 36.0 Å². The van der Waals surface area contributed by atoms with Gasteiger partial charge in [0.2, 0.25) is 0 Å². The molecule has 0 spiro atoms.